The van der Waals surface area contributed by atoms with Crippen LogP contribution in [0, 0.1) is 6.92 Å². The molecule has 13 heavy (non-hydrogen) atoms. The van der Waals surface area contributed by atoms with Crippen LogP contribution in [0.4, 0.5) is 13.2 Å². The molecule has 1 aromatic heterocycles. The second kappa shape index (κ2) is 3.78. The quantitative estimate of drug-likeness (QED) is 0.794. The lowest BCUT2D eigenvalue weighted by Gasteiger charge is -2.05. The molecule has 74 valence electrons. The van der Waals surface area contributed by atoms with Crippen molar-refractivity contribution in [1.82, 2.24) is 10.5 Å². The van der Waals surface area contributed by atoms with Crippen LogP contribution in [0.5, 0.6) is 0 Å². The summed E-state index contributed by atoms with van der Waals surface area (Å²) in [5.41, 5.74) is 0.656. The first kappa shape index (κ1) is 10.0. The number of hydrogen-bond donors (Lipinski definition) is 1. The van der Waals surface area contributed by atoms with Crippen molar-refractivity contribution in [1.29, 1.82) is 0 Å². The van der Waals surface area contributed by atoms with Gasteiger partial charge >= 0.3 is 6.18 Å². The number of aryl methyl sites for hydroxylation is 1. The molecule has 0 aromatic carbocycles. The Morgan fingerprint density at radius 2 is 2.23 bits per heavy atom. The van der Waals surface area contributed by atoms with Crippen LogP contribution in [0.25, 0.3) is 0 Å². The van der Waals surface area contributed by atoms with E-state index in [2.05, 4.69) is 10.5 Å². The molecule has 0 aliphatic heterocycles. The van der Waals surface area contributed by atoms with E-state index < -0.39 is 12.7 Å². The number of alkyl halides is 3. The standard InChI is InChI=1S/C7H9F3N2O/c1-5-2-6(13-12-5)3-11-4-7(8,9)10/h2,11H,3-4H2,1H3. The second-order valence-corrected chi connectivity index (χ2v) is 2.65. The van der Waals surface area contributed by atoms with Crippen molar-refractivity contribution in [2.24, 2.45) is 0 Å². The second-order valence-electron chi connectivity index (χ2n) is 2.65. The van der Waals surface area contributed by atoms with E-state index in [0.29, 0.717) is 11.5 Å². The van der Waals surface area contributed by atoms with Crippen molar-refractivity contribution >= 4 is 0 Å². The monoisotopic (exact) mass is 194 g/mol. The van der Waals surface area contributed by atoms with Gasteiger partial charge in [0.2, 0.25) is 0 Å². The minimum atomic E-state index is -4.19. The summed E-state index contributed by atoms with van der Waals surface area (Å²) in [5.74, 6) is 0.404. The highest BCUT2D eigenvalue weighted by molar-refractivity contribution is 5.02. The van der Waals surface area contributed by atoms with Gasteiger partial charge in [0.15, 0.2) is 5.76 Å². The molecular weight excluding hydrogens is 185 g/mol. The third-order valence-electron chi connectivity index (χ3n) is 1.30. The highest BCUT2D eigenvalue weighted by Gasteiger charge is 2.26. The first-order chi connectivity index (χ1) is 5.97. The summed E-state index contributed by atoms with van der Waals surface area (Å²) in [6.07, 6.45) is -4.19. The van der Waals surface area contributed by atoms with Gasteiger partial charge in [-0.3, -0.25) is 0 Å². The minimum Gasteiger partial charge on any atom is -0.360 e. The first-order valence-corrected chi connectivity index (χ1v) is 3.67. The number of rotatable bonds is 3. The van der Waals surface area contributed by atoms with Crippen molar-refractivity contribution in [2.75, 3.05) is 6.54 Å². The molecule has 0 unspecified atom stereocenters. The average molecular weight is 194 g/mol. The third kappa shape index (κ3) is 3.93. The highest BCUT2D eigenvalue weighted by Crippen LogP contribution is 2.12. The van der Waals surface area contributed by atoms with E-state index in [4.69, 9.17) is 4.52 Å². The van der Waals surface area contributed by atoms with Crippen LogP contribution in [0.2, 0.25) is 0 Å². The van der Waals surface area contributed by atoms with Gasteiger partial charge < -0.3 is 9.84 Å². The van der Waals surface area contributed by atoms with Crippen LogP contribution < -0.4 is 5.32 Å². The van der Waals surface area contributed by atoms with Gasteiger partial charge in [0.1, 0.15) is 0 Å². The molecular formula is C7H9F3N2O. The van der Waals surface area contributed by atoms with Gasteiger partial charge in [0, 0.05) is 6.07 Å². The zero-order valence-corrected chi connectivity index (χ0v) is 6.98. The van der Waals surface area contributed by atoms with Gasteiger partial charge in [0.05, 0.1) is 18.8 Å². The van der Waals surface area contributed by atoms with Crippen LogP contribution in [0.15, 0.2) is 10.6 Å². The van der Waals surface area contributed by atoms with E-state index in [1.807, 2.05) is 0 Å². The first-order valence-electron chi connectivity index (χ1n) is 3.67. The Kier molecular flexibility index (Phi) is 2.92. The lowest BCUT2D eigenvalue weighted by atomic mass is 10.4. The molecule has 0 aliphatic carbocycles. The Morgan fingerprint density at radius 1 is 1.54 bits per heavy atom. The van der Waals surface area contributed by atoms with Crippen molar-refractivity contribution in [3.63, 3.8) is 0 Å². The fraction of sp³-hybridized carbons (Fsp3) is 0.571. The maximum Gasteiger partial charge on any atom is 0.401 e. The molecule has 1 heterocycles. The van der Waals surface area contributed by atoms with Crippen LogP contribution in [-0.2, 0) is 6.54 Å². The molecule has 0 atom stereocenters. The lowest BCUT2D eigenvalue weighted by molar-refractivity contribution is -0.125. The zero-order chi connectivity index (χ0) is 9.90. The number of halogens is 3. The van der Waals surface area contributed by atoms with Gasteiger partial charge in [0.25, 0.3) is 0 Å². The Morgan fingerprint density at radius 3 is 2.69 bits per heavy atom. The molecule has 0 aliphatic rings. The third-order valence-corrected chi connectivity index (χ3v) is 1.30. The fourth-order valence-corrected chi connectivity index (χ4v) is 0.827. The molecule has 6 heteroatoms. The minimum absolute atomic E-state index is 0.0420. The normalized spacial score (nSPS) is 12.0. The molecule has 0 spiro atoms. The summed E-state index contributed by atoms with van der Waals surface area (Å²) in [6, 6.07) is 1.59. The van der Waals surface area contributed by atoms with E-state index in [1.54, 1.807) is 13.0 Å². The van der Waals surface area contributed by atoms with Gasteiger partial charge in [-0.15, -0.1) is 0 Å². The number of nitrogens with zero attached hydrogens (tertiary/aromatic N) is 1. The summed E-state index contributed by atoms with van der Waals surface area (Å²) in [6.45, 7) is 0.726. The van der Waals surface area contributed by atoms with Crippen molar-refractivity contribution in [3.8, 4) is 0 Å². The molecule has 1 N–H and O–H groups in total. The van der Waals surface area contributed by atoms with Crippen molar-refractivity contribution in [3.05, 3.63) is 17.5 Å². The molecule has 0 saturated carbocycles. The summed E-state index contributed by atoms with van der Waals surface area (Å²) >= 11 is 0. The predicted molar refractivity (Wildman–Crippen MR) is 39.0 cm³/mol. The molecule has 0 fully saturated rings. The van der Waals surface area contributed by atoms with Crippen LogP contribution >= 0.6 is 0 Å². The molecule has 0 bridgehead atoms. The Hall–Kier alpha value is -1.04. The van der Waals surface area contributed by atoms with E-state index in [-0.39, 0.29) is 6.54 Å². The van der Waals surface area contributed by atoms with Crippen LogP contribution in [-0.4, -0.2) is 17.9 Å². The Bertz CT molecular complexity index is 269. The Balaban J connectivity index is 2.28. The maximum absolute atomic E-state index is 11.7. The summed E-state index contributed by atoms with van der Waals surface area (Å²) < 4.78 is 39.7. The summed E-state index contributed by atoms with van der Waals surface area (Å²) in [4.78, 5) is 0. The predicted octanol–water partition coefficient (Wildman–Crippen LogP) is 1.63. The molecule has 1 aromatic rings. The van der Waals surface area contributed by atoms with Gasteiger partial charge in [-0.05, 0) is 6.92 Å². The largest absolute Gasteiger partial charge is 0.401 e. The van der Waals surface area contributed by atoms with Crippen molar-refractivity contribution in [2.45, 2.75) is 19.6 Å². The Labute approximate surface area is 72.9 Å². The summed E-state index contributed by atoms with van der Waals surface area (Å²) in [5, 5.41) is 5.73. The topological polar surface area (TPSA) is 38.1 Å². The van der Waals surface area contributed by atoms with Gasteiger partial charge in [-0.1, -0.05) is 5.16 Å². The van der Waals surface area contributed by atoms with E-state index in [9.17, 15) is 13.2 Å². The average Bonchev–Trinajstić information content (AvgIpc) is 2.33. The molecule has 1 rings (SSSR count). The molecule has 0 saturated heterocycles. The van der Waals surface area contributed by atoms with E-state index in [0.717, 1.165) is 0 Å². The smallest absolute Gasteiger partial charge is 0.360 e. The molecule has 0 amide bonds. The number of aromatic nitrogens is 1. The highest BCUT2D eigenvalue weighted by atomic mass is 19.4. The lowest BCUT2D eigenvalue weighted by Crippen LogP contribution is -2.28. The van der Waals surface area contributed by atoms with Gasteiger partial charge in [-0.2, -0.15) is 13.2 Å². The molecule has 0 radical (unpaired) electrons. The van der Waals surface area contributed by atoms with E-state index >= 15 is 0 Å². The maximum atomic E-state index is 11.7. The van der Waals surface area contributed by atoms with Crippen molar-refractivity contribution < 1.29 is 17.7 Å². The number of nitrogens with one attached hydrogen (secondary N) is 1. The van der Waals surface area contributed by atoms with Gasteiger partial charge in [-0.25, -0.2) is 0 Å². The van der Waals surface area contributed by atoms with Crippen LogP contribution in [0.3, 0.4) is 0 Å². The van der Waals surface area contributed by atoms with Crippen LogP contribution in [0.1, 0.15) is 11.5 Å². The fourth-order valence-electron chi connectivity index (χ4n) is 0.827. The van der Waals surface area contributed by atoms with E-state index in [1.165, 1.54) is 0 Å². The summed E-state index contributed by atoms with van der Waals surface area (Å²) in [7, 11) is 0. The number of hydrogen-bond acceptors (Lipinski definition) is 3. The SMILES string of the molecule is Cc1cc(CNCC(F)(F)F)on1. The zero-order valence-electron chi connectivity index (χ0n) is 6.98. The molecule has 3 nitrogen and oxygen atoms in total.